The van der Waals surface area contributed by atoms with Gasteiger partial charge in [-0.05, 0) is 30.2 Å². The number of aromatic nitrogens is 1. The van der Waals surface area contributed by atoms with Crippen molar-refractivity contribution >= 4 is 23.0 Å². The maximum absolute atomic E-state index is 11.8. The van der Waals surface area contributed by atoms with Gasteiger partial charge < -0.3 is 9.72 Å². The van der Waals surface area contributed by atoms with Gasteiger partial charge in [-0.15, -0.1) is 0 Å². The van der Waals surface area contributed by atoms with Crippen molar-refractivity contribution in [3.8, 4) is 5.75 Å². The minimum absolute atomic E-state index is 0.238. The molecule has 25 heavy (non-hydrogen) atoms. The number of benzene rings is 2. The summed E-state index contributed by atoms with van der Waals surface area (Å²) >= 11 is 0. The summed E-state index contributed by atoms with van der Waals surface area (Å²) in [6.45, 7) is 1.70. The molecule has 1 amide bonds. The summed E-state index contributed by atoms with van der Waals surface area (Å²) in [4.78, 5) is 26.3. The number of fused-ring (bicyclic) bond motifs is 1. The summed E-state index contributed by atoms with van der Waals surface area (Å²) in [6, 6.07) is 16.4. The van der Waals surface area contributed by atoms with E-state index in [1.54, 1.807) is 6.21 Å². The van der Waals surface area contributed by atoms with E-state index in [0.29, 0.717) is 11.3 Å². The number of carbonyl (C=O) groups excluding carboxylic acids is 1. The van der Waals surface area contributed by atoms with E-state index in [2.05, 4.69) is 15.5 Å². The van der Waals surface area contributed by atoms with E-state index in [9.17, 15) is 9.59 Å². The van der Waals surface area contributed by atoms with E-state index in [0.717, 1.165) is 16.5 Å². The summed E-state index contributed by atoms with van der Waals surface area (Å²) in [5.41, 5.74) is 4.68. The number of H-pyrrole nitrogens is 1. The van der Waals surface area contributed by atoms with Crippen LogP contribution in [0.1, 0.15) is 11.1 Å². The lowest BCUT2D eigenvalue weighted by atomic mass is 10.1. The molecule has 0 unspecified atom stereocenters. The fraction of sp³-hybridized carbons (Fsp3) is 0.105. The number of hydrogen-bond acceptors (Lipinski definition) is 4. The van der Waals surface area contributed by atoms with Crippen LogP contribution in [0.2, 0.25) is 0 Å². The molecular formula is C19H17N3O3. The zero-order valence-electron chi connectivity index (χ0n) is 13.7. The highest BCUT2D eigenvalue weighted by Gasteiger charge is 2.07. The first-order chi connectivity index (χ1) is 12.1. The van der Waals surface area contributed by atoms with Crippen LogP contribution in [0.4, 0.5) is 0 Å². The molecule has 1 aromatic heterocycles. The van der Waals surface area contributed by atoms with Crippen molar-refractivity contribution in [2.24, 2.45) is 5.10 Å². The monoisotopic (exact) mass is 335 g/mol. The lowest BCUT2D eigenvalue weighted by Crippen LogP contribution is -2.25. The third-order valence-electron chi connectivity index (χ3n) is 3.52. The first-order valence-corrected chi connectivity index (χ1v) is 7.75. The van der Waals surface area contributed by atoms with E-state index >= 15 is 0 Å². The number of ether oxygens (including phenoxy) is 1. The zero-order chi connectivity index (χ0) is 17.6. The van der Waals surface area contributed by atoms with Gasteiger partial charge in [-0.2, -0.15) is 5.10 Å². The molecule has 3 aromatic rings. The molecule has 6 nitrogen and oxygen atoms in total. The van der Waals surface area contributed by atoms with E-state index in [1.807, 2.05) is 55.5 Å². The number of nitrogens with one attached hydrogen (secondary N) is 2. The summed E-state index contributed by atoms with van der Waals surface area (Å²) < 4.78 is 5.50. The molecule has 6 heteroatoms. The van der Waals surface area contributed by atoms with Crippen molar-refractivity contribution in [3.63, 3.8) is 0 Å². The van der Waals surface area contributed by atoms with E-state index < -0.39 is 5.91 Å². The lowest BCUT2D eigenvalue weighted by molar-refractivity contribution is -0.123. The van der Waals surface area contributed by atoms with Crippen LogP contribution in [-0.2, 0) is 4.79 Å². The van der Waals surface area contributed by atoms with Crippen molar-refractivity contribution in [1.29, 1.82) is 0 Å². The number of rotatable bonds is 5. The van der Waals surface area contributed by atoms with Crippen LogP contribution >= 0.6 is 0 Å². The Morgan fingerprint density at radius 2 is 2.00 bits per heavy atom. The third kappa shape index (κ3) is 4.32. The molecule has 0 aliphatic rings. The van der Waals surface area contributed by atoms with Gasteiger partial charge >= 0.3 is 0 Å². The highest BCUT2D eigenvalue weighted by Crippen LogP contribution is 2.22. The molecule has 0 atom stereocenters. The highest BCUT2D eigenvalue weighted by molar-refractivity contribution is 5.86. The normalized spacial score (nSPS) is 10.9. The van der Waals surface area contributed by atoms with Crippen LogP contribution in [0.15, 0.2) is 64.5 Å². The van der Waals surface area contributed by atoms with Crippen molar-refractivity contribution in [2.75, 3.05) is 6.61 Å². The Morgan fingerprint density at radius 3 is 2.80 bits per heavy atom. The molecule has 1 heterocycles. The number of amides is 1. The van der Waals surface area contributed by atoms with Gasteiger partial charge in [0.2, 0.25) is 0 Å². The number of aromatic amines is 1. The van der Waals surface area contributed by atoms with Gasteiger partial charge in [0.05, 0.1) is 11.7 Å². The third-order valence-corrected chi connectivity index (χ3v) is 3.52. The van der Waals surface area contributed by atoms with E-state index in [-0.39, 0.29) is 12.2 Å². The second kappa shape index (κ2) is 7.44. The quantitative estimate of drug-likeness (QED) is 0.554. The fourth-order valence-corrected chi connectivity index (χ4v) is 2.35. The van der Waals surface area contributed by atoms with Crippen molar-refractivity contribution in [2.45, 2.75) is 6.92 Å². The fourth-order valence-electron chi connectivity index (χ4n) is 2.35. The predicted molar refractivity (Wildman–Crippen MR) is 97.0 cm³/mol. The summed E-state index contributed by atoms with van der Waals surface area (Å²) in [5, 5.41) is 4.61. The smallest absolute Gasteiger partial charge is 0.277 e. The Bertz CT molecular complexity index is 978. The SMILES string of the molecule is Cc1ccc2c(OCC(=O)N/N=C/c3ccccc3)cc(=O)[nH]c2c1. The second-order valence-corrected chi connectivity index (χ2v) is 5.54. The van der Waals surface area contributed by atoms with Gasteiger partial charge in [0.15, 0.2) is 6.61 Å². The molecule has 0 bridgehead atoms. The maximum atomic E-state index is 11.8. The molecule has 0 spiro atoms. The minimum Gasteiger partial charge on any atom is -0.483 e. The van der Waals surface area contributed by atoms with Gasteiger partial charge in [0, 0.05) is 11.5 Å². The molecule has 126 valence electrons. The van der Waals surface area contributed by atoms with Crippen molar-refractivity contribution in [3.05, 3.63) is 76.1 Å². The highest BCUT2D eigenvalue weighted by atomic mass is 16.5. The summed E-state index contributed by atoms with van der Waals surface area (Å²) in [6.07, 6.45) is 1.54. The summed E-state index contributed by atoms with van der Waals surface area (Å²) in [5.74, 6) is -0.0475. The molecule has 0 saturated carbocycles. The Labute approximate surface area is 144 Å². The van der Waals surface area contributed by atoms with Gasteiger partial charge in [0.1, 0.15) is 5.75 Å². The zero-order valence-corrected chi connectivity index (χ0v) is 13.7. The molecule has 0 radical (unpaired) electrons. The molecule has 0 saturated heterocycles. The van der Waals surface area contributed by atoms with E-state index in [1.165, 1.54) is 6.07 Å². The number of hydrazone groups is 1. The van der Waals surface area contributed by atoms with E-state index in [4.69, 9.17) is 4.74 Å². The average molecular weight is 335 g/mol. The van der Waals surface area contributed by atoms with Gasteiger partial charge in [-0.25, -0.2) is 5.43 Å². The van der Waals surface area contributed by atoms with Crippen molar-refractivity contribution < 1.29 is 9.53 Å². The minimum atomic E-state index is -0.410. The number of nitrogens with zero attached hydrogens (tertiary/aromatic N) is 1. The lowest BCUT2D eigenvalue weighted by Gasteiger charge is -2.08. The first-order valence-electron chi connectivity index (χ1n) is 7.75. The molecule has 0 aliphatic heterocycles. The van der Waals surface area contributed by atoms with Crippen LogP contribution in [-0.4, -0.2) is 23.7 Å². The standard InChI is InChI=1S/C19H17N3O3/c1-13-7-8-15-16(9-13)21-18(23)10-17(15)25-12-19(24)22-20-11-14-5-3-2-4-6-14/h2-11H,12H2,1H3,(H,21,23)(H,22,24)/b20-11+. The molecular weight excluding hydrogens is 318 g/mol. The number of carbonyl (C=O) groups is 1. The van der Waals surface area contributed by atoms with Crippen molar-refractivity contribution in [1.82, 2.24) is 10.4 Å². The average Bonchev–Trinajstić information content (AvgIpc) is 2.60. The molecule has 0 fully saturated rings. The molecule has 2 N–H and O–H groups in total. The summed E-state index contributed by atoms with van der Waals surface area (Å²) in [7, 11) is 0. The van der Waals surface area contributed by atoms with Crippen LogP contribution in [0.5, 0.6) is 5.75 Å². The second-order valence-electron chi connectivity index (χ2n) is 5.54. The number of hydrogen-bond donors (Lipinski definition) is 2. The first kappa shape index (κ1) is 16.4. The van der Waals surface area contributed by atoms with Gasteiger partial charge in [0.25, 0.3) is 11.5 Å². The predicted octanol–water partition coefficient (Wildman–Crippen LogP) is 2.37. The largest absolute Gasteiger partial charge is 0.483 e. The van der Waals surface area contributed by atoms with Crippen LogP contribution in [0.3, 0.4) is 0 Å². The van der Waals surface area contributed by atoms with Crippen LogP contribution in [0, 0.1) is 6.92 Å². The number of pyridine rings is 1. The topological polar surface area (TPSA) is 83.5 Å². The Hall–Kier alpha value is -3.41. The Morgan fingerprint density at radius 1 is 1.20 bits per heavy atom. The molecule has 3 rings (SSSR count). The van der Waals surface area contributed by atoms with Crippen LogP contribution < -0.4 is 15.7 Å². The molecule has 0 aliphatic carbocycles. The van der Waals surface area contributed by atoms with Gasteiger partial charge in [-0.1, -0.05) is 36.4 Å². The van der Waals surface area contributed by atoms with Gasteiger partial charge in [-0.3, -0.25) is 9.59 Å². The Balaban J connectivity index is 1.65. The Kier molecular flexibility index (Phi) is 4.89. The molecule has 2 aromatic carbocycles. The number of aryl methyl sites for hydroxylation is 1. The van der Waals surface area contributed by atoms with Crippen LogP contribution in [0.25, 0.3) is 10.9 Å². The maximum Gasteiger partial charge on any atom is 0.277 e.